The van der Waals surface area contributed by atoms with Gasteiger partial charge in [0.15, 0.2) is 5.78 Å². The minimum atomic E-state index is -0.00120. The largest absolute Gasteiger partial charge is 0.488 e. The highest BCUT2D eigenvalue weighted by molar-refractivity contribution is 6.31. The van der Waals surface area contributed by atoms with E-state index < -0.39 is 0 Å². The monoisotopic (exact) mass is 288 g/mol. The van der Waals surface area contributed by atoms with Crippen LogP contribution in [0.1, 0.15) is 34.0 Å². The Morgan fingerprint density at radius 1 is 1.10 bits per heavy atom. The summed E-state index contributed by atoms with van der Waals surface area (Å²) in [5.41, 5.74) is 3.66. The predicted molar refractivity (Wildman–Crippen MR) is 81.7 cm³/mol. The van der Waals surface area contributed by atoms with Crippen LogP contribution in [-0.2, 0) is 6.61 Å². The predicted octanol–water partition coefficient (Wildman–Crippen LogP) is 4.74. The Labute approximate surface area is 124 Å². The van der Waals surface area contributed by atoms with Gasteiger partial charge < -0.3 is 4.74 Å². The first-order valence-electron chi connectivity index (χ1n) is 6.47. The first kappa shape index (κ1) is 14.6. The van der Waals surface area contributed by atoms with Gasteiger partial charge in [-0.05, 0) is 44.5 Å². The molecule has 2 rings (SSSR count). The van der Waals surface area contributed by atoms with Crippen LogP contribution in [0.5, 0.6) is 5.75 Å². The van der Waals surface area contributed by atoms with Gasteiger partial charge in [0.25, 0.3) is 0 Å². The molecule has 0 N–H and O–H groups in total. The minimum absolute atomic E-state index is 0.00120. The molecular weight excluding hydrogens is 272 g/mol. The number of halogens is 1. The lowest BCUT2D eigenvalue weighted by Crippen LogP contribution is -2.02. The molecule has 3 heteroatoms. The van der Waals surface area contributed by atoms with Crippen molar-refractivity contribution in [3.05, 3.63) is 63.7 Å². The van der Waals surface area contributed by atoms with Gasteiger partial charge in [-0.3, -0.25) is 4.79 Å². The molecule has 0 aliphatic carbocycles. The van der Waals surface area contributed by atoms with Gasteiger partial charge in [0.1, 0.15) is 12.4 Å². The molecule has 0 fully saturated rings. The van der Waals surface area contributed by atoms with Gasteiger partial charge in [0.2, 0.25) is 0 Å². The van der Waals surface area contributed by atoms with Crippen molar-refractivity contribution in [3.8, 4) is 5.75 Å². The van der Waals surface area contributed by atoms with E-state index in [-0.39, 0.29) is 5.78 Å². The van der Waals surface area contributed by atoms with Crippen LogP contribution in [0.15, 0.2) is 36.4 Å². The van der Waals surface area contributed by atoms with Gasteiger partial charge in [-0.2, -0.15) is 0 Å². The van der Waals surface area contributed by atoms with Crippen LogP contribution in [0.2, 0.25) is 5.02 Å². The summed E-state index contributed by atoms with van der Waals surface area (Å²) in [6.07, 6.45) is 0. The third kappa shape index (κ3) is 3.40. The van der Waals surface area contributed by atoms with Crippen molar-refractivity contribution < 1.29 is 9.53 Å². The number of hydrogen-bond acceptors (Lipinski definition) is 2. The lowest BCUT2D eigenvalue weighted by Gasteiger charge is -2.12. The van der Waals surface area contributed by atoms with Gasteiger partial charge in [-0.15, -0.1) is 0 Å². The van der Waals surface area contributed by atoms with Gasteiger partial charge in [0, 0.05) is 10.6 Å². The number of carbonyl (C=O) groups is 1. The third-order valence-corrected chi connectivity index (χ3v) is 3.46. The van der Waals surface area contributed by atoms with Crippen molar-refractivity contribution in [1.29, 1.82) is 0 Å². The molecule has 2 aromatic rings. The van der Waals surface area contributed by atoms with E-state index in [1.807, 2.05) is 50.2 Å². The van der Waals surface area contributed by atoms with E-state index in [2.05, 4.69) is 0 Å². The topological polar surface area (TPSA) is 26.3 Å². The Kier molecular flexibility index (Phi) is 4.46. The summed E-state index contributed by atoms with van der Waals surface area (Å²) in [4.78, 5) is 11.6. The maximum absolute atomic E-state index is 11.6. The number of rotatable bonds is 4. The summed E-state index contributed by atoms with van der Waals surface area (Å²) in [6, 6.07) is 11.4. The molecule has 0 saturated carbocycles. The highest BCUT2D eigenvalue weighted by Gasteiger charge is 2.10. The molecule has 20 heavy (non-hydrogen) atoms. The molecule has 0 amide bonds. The van der Waals surface area contributed by atoms with E-state index in [0.717, 1.165) is 16.7 Å². The summed E-state index contributed by atoms with van der Waals surface area (Å²) in [5.74, 6) is 0.596. The fourth-order valence-electron chi connectivity index (χ4n) is 1.97. The second-order valence-electron chi connectivity index (χ2n) is 4.94. The lowest BCUT2D eigenvalue weighted by molar-refractivity contribution is 0.101. The highest BCUT2D eigenvalue weighted by Crippen LogP contribution is 2.24. The summed E-state index contributed by atoms with van der Waals surface area (Å²) in [5, 5.41) is 0.682. The van der Waals surface area contributed by atoms with E-state index in [4.69, 9.17) is 16.3 Å². The second-order valence-corrected chi connectivity index (χ2v) is 5.35. The summed E-state index contributed by atoms with van der Waals surface area (Å²) < 4.78 is 5.75. The number of Topliss-reactive ketones (excluding diaryl/α,β-unsaturated/α-hetero) is 1. The molecule has 0 aromatic heterocycles. The number of carbonyl (C=O) groups excluding carboxylic acids is 1. The fourth-order valence-corrected chi connectivity index (χ4v) is 2.26. The summed E-state index contributed by atoms with van der Waals surface area (Å²) in [6.45, 7) is 5.83. The molecule has 0 unspecified atom stereocenters. The van der Waals surface area contributed by atoms with Crippen molar-refractivity contribution in [2.24, 2.45) is 0 Å². The van der Waals surface area contributed by atoms with E-state index in [0.29, 0.717) is 22.9 Å². The molecule has 104 valence electrons. The lowest BCUT2D eigenvalue weighted by atomic mass is 10.1. The maximum Gasteiger partial charge on any atom is 0.163 e. The number of benzene rings is 2. The summed E-state index contributed by atoms with van der Waals surface area (Å²) in [7, 11) is 0. The average Bonchev–Trinajstić information content (AvgIpc) is 2.38. The number of ether oxygens (including phenoxy) is 1. The first-order chi connectivity index (χ1) is 9.47. The van der Waals surface area contributed by atoms with E-state index in [9.17, 15) is 4.79 Å². The zero-order valence-corrected chi connectivity index (χ0v) is 12.6. The van der Waals surface area contributed by atoms with Crippen molar-refractivity contribution in [2.75, 3.05) is 0 Å². The van der Waals surface area contributed by atoms with Gasteiger partial charge in [-0.1, -0.05) is 35.4 Å². The van der Waals surface area contributed by atoms with Crippen LogP contribution in [0.4, 0.5) is 0 Å². The molecule has 2 nitrogen and oxygen atoms in total. The maximum atomic E-state index is 11.6. The van der Waals surface area contributed by atoms with Crippen LogP contribution >= 0.6 is 11.6 Å². The minimum Gasteiger partial charge on any atom is -0.488 e. The van der Waals surface area contributed by atoms with Crippen LogP contribution in [0.25, 0.3) is 0 Å². The SMILES string of the molecule is CC(=O)c1cc(C)ccc1OCc1ccc(C)cc1Cl. The smallest absolute Gasteiger partial charge is 0.163 e. The van der Waals surface area contributed by atoms with E-state index >= 15 is 0 Å². The Morgan fingerprint density at radius 3 is 2.40 bits per heavy atom. The molecule has 2 aromatic carbocycles. The van der Waals surface area contributed by atoms with Crippen molar-refractivity contribution in [3.63, 3.8) is 0 Å². The van der Waals surface area contributed by atoms with E-state index in [1.54, 1.807) is 6.92 Å². The van der Waals surface area contributed by atoms with Crippen molar-refractivity contribution in [1.82, 2.24) is 0 Å². The molecule has 0 saturated heterocycles. The molecule has 0 radical (unpaired) electrons. The average molecular weight is 289 g/mol. The molecule has 0 aliphatic rings. The Bertz CT molecular complexity index is 647. The second kappa shape index (κ2) is 6.10. The van der Waals surface area contributed by atoms with Crippen LogP contribution < -0.4 is 4.74 Å². The molecule has 0 bridgehead atoms. The van der Waals surface area contributed by atoms with Crippen LogP contribution in [0.3, 0.4) is 0 Å². The standard InChI is InChI=1S/C17H17ClO2/c1-11-5-7-17(15(8-11)13(3)19)20-10-14-6-4-12(2)9-16(14)18/h4-9H,10H2,1-3H3. The zero-order chi connectivity index (χ0) is 14.7. The third-order valence-electron chi connectivity index (χ3n) is 3.11. The van der Waals surface area contributed by atoms with Gasteiger partial charge in [-0.25, -0.2) is 0 Å². The quantitative estimate of drug-likeness (QED) is 0.760. The number of ketones is 1. The van der Waals surface area contributed by atoms with Crippen molar-refractivity contribution >= 4 is 17.4 Å². The zero-order valence-electron chi connectivity index (χ0n) is 11.9. The molecule has 0 spiro atoms. The normalized spacial score (nSPS) is 10.4. The van der Waals surface area contributed by atoms with Gasteiger partial charge in [0.05, 0.1) is 5.56 Å². The number of aryl methyl sites for hydroxylation is 2. The molecule has 0 heterocycles. The first-order valence-corrected chi connectivity index (χ1v) is 6.84. The van der Waals surface area contributed by atoms with Crippen LogP contribution in [-0.4, -0.2) is 5.78 Å². The fraction of sp³-hybridized carbons (Fsp3) is 0.235. The van der Waals surface area contributed by atoms with Crippen molar-refractivity contribution in [2.45, 2.75) is 27.4 Å². The Morgan fingerprint density at radius 2 is 1.75 bits per heavy atom. The number of hydrogen-bond donors (Lipinski definition) is 0. The highest BCUT2D eigenvalue weighted by atomic mass is 35.5. The Hall–Kier alpha value is -1.80. The van der Waals surface area contributed by atoms with E-state index in [1.165, 1.54) is 0 Å². The molecule has 0 aliphatic heterocycles. The van der Waals surface area contributed by atoms with Gasteiger partial charge >= 0.3 is 0 Å². The molecular formula is C17H17ClO2. The Balaban J connectivity index is 2.20. The molecule has 0 atom stereocenters. The summed E-state index contributed by atoms with van der Waals surface area (Å²) >= 11 is 6.18. The van der Waals surface area contributed by atoms with Crippen LogP contribution in [0, 0.1) is 13.8 Å².